The molecule has 0 radical (unpaired) electrons. The maximum absolute atomic E-state index is 14.1. The molecule has 1 aliphatic rings. The molecule has 0 bridgehead atoms. The number of aromatic nitrogens is 2. The van der Waals surface area contributed by atoms with Crippen LogP contribution in [0, 0.1) is 19.7 Å². The molecule has 3 heterocycles. The highest BCUT2D eigenvalue weighted by molar-refractivity contribution is 7.09. The molecule has 1 aromatic carbocycles. The Morgan fingerprint density at radius 2 is 2.03 bits per heavy atom. The van der Waals surface area contributed by atoms with Gasteiger partial charge in [0.05, 0.1) is 11.4 Å². The SMILES string of the molecule is Cc1cc(C)n(-c2ccc(F)cc2CN2CCN(Cc3cccs3)C(CCO)C2)n1. The summed E-state index contributed by atoms with van der Waals surface area (Å²) in [6.45, 7) is 8.48. The Balaban J connectivity index is 1.52. The smallest absolute Gasteiger partial charge is 0.123 e. The molecule has 5 nitrogen and oxygen atoms in total. The van der Waals surface area contributed by atoms with E-state index in [1.165, 1.54) is 10.9 Å². The van der Waals surface area contributed by atoms with Crippen LogP contribution in [0.1, 0.15) is 28.2 Å². The molecular formula is C23H29FN4OS. The van der Waals surface area contributed by atoms with Gasteiger partial charge in [-0.15, -0.1) is 11.3 Å². The van der Waals surface area contributed by atoms with E-state index in [1.54, 1.807) is 17.4 Å². The maximum atomic E-state index is 14.1. The van der Waals surface area contributed by atoms with Gasteiger partial charge < -0.3 is 5.11 Å². The highest BCUT2D eigenvalue weighted by Crippen LogP contribution is 2.24. The highest BCUT2D eigenvalue weighted by Gasteiger charge is 2.27. The lowest BCUT2D eigenvalue weighted by atomic mass is 10.1. The van der Waals surface area contributed by atoms with Crippen LogP contribution in [-0.2, 0) is 13.1 Å². The summed E-state index contributed by atoms with van der Waals surface area (Å²) in [7, 11) is 0. The van der Waals surface area contributed by atoms with E-state index >= 15 is 0 Å². The highest BCUT2D eigenvalue weighted by atomic mass is 32.1. The topological polar surface area (TPSA) is 44.5 Å². The van der Waals surface area contributed by atoms with E-state index in [0.29, 0.717) is 6.54 Å². The van der Waals surface area contributed by atoms with Crippen LogP contribution >= 0.6 is 11.3 Å². The minimum atomic E-state index is -0.224. The monoisotopic (exact) mass is 428 g/mol. The van der Waals surface area contributed by atoms with Crippen molar-refractivity contribution in [2.75, 3.05) is 26.2 Å². The number of halogens is 1. The van der Waals surface area contributed by atoms with Gasteiger partial charge in [-0.2, -0.15) is 5.10 Å². The Hall–Kier alpha value is -2.06. The number of piperazine rings is 1. The van der Waals surface area contributed by atoms with Crippen molar-refractivity contribution >= 4 is 11.3 Å². The second kappa shape index (κ2) is 9.39. The minimum Gasteiger partial charge on any atom is -0.396 e. The minimum absolute atomic E-state index is 0.177. The summed E-state index contributed by atoms with van der Waals surface area (Å²) in [6, 6.07) is 11.5. The van der Waals surface area contributed by atoms with Gasteiger partial charge in [0.2, 0.25) is 0 Å². The molecule has 7 heteroatoms. The van der Waals surface area contributed by atoms with Crippen molar-refractivity contribution in [1.82, 2.24) is 19.6 Å². The molecule has 0 saturated carbocycles. The molecule has 1 unspecified atom stereocenters. The van der Waals surface area contributed by atoms with E-state index in [1.807, 2.05) is 30.7 Å². The van der Waals surface area contributed by atoms with Gasteiger partial charge in [-0.05, 0) is 61.5 Å². The van der Waals surface area contributed by atoms with Crippen LogP contribution in [-0.4, -0.2) is 57.0 Å². The van der Waals surface area contributed by atoms with Crippen LogP contribution in [0.25, 0.3) is 5.69 Å². The van der Waals surface area contributed by atoms with Gasteiger partial charge >= 0.3 is 0 Å². The second-order valence-corrected chi connectivity index (χ2v) is 9.10. The van der Waals surface area contributed by atoms with Crippen molar-refractivity contribution in [3.05, 3.63) is 69.4 Å². The second-order valence-electron chi connectivity index (χ2n) is 8.06. The fourth-order valence-corrected chi connectivity index (χ4v) is 5.07. The molecule has 3 aromatic rings. The number of aryl methyl sites for hydroxylation is 2. The van der Waals surface area contributed by atoms with Crippen molar-refractivity contribution in [3.63, 3.8) is 0 Å². The number of nitrogens with zero attached hydrogens (tertiary/aromatic N) is 4. The average Bonchev–Trinajstić information content (AvgIpc) is 3.33. The van der Waals surface area contributed by atoms with Crippen LogP contribution in [0.2, 0.25) is 0 Å². The molecule has 1 fully saturated rings. The van der Waals surface area contributed by atoms with E-state index in [0.717, 1.165) is 55.2 Å². The van der Waals surface area contributed by atoms with E-state index in [4.69, 9.17) is 0 Å². The van der Waals surface area contributed by atoms with Crippen LogP contribution in [0.15, 0.2) is 41.8 Å². The number of benzene rings is 1. The summed E-state index contributed by atoms with van der Waals surface area (Å²) in [5, 5.41) is 16.3. The molecule has 1 N–H and O–H groups in total. The predicted octanol–water partition coefficient (Wildman–Crippen LogP) is 3.76. The number of aliphatic hydroxyl groups is 1. The number of hydrogen-bond acceptors (Lipinski definition) is 5. The first-order chi connectivity index (χ1) is 14.5. The van der Waals surface area contributed by atoms with E-state index in [2.05, 4.69) is 32.4 Å². The molecule has 0 aliphatic carbocycles. The number of hydrogen-bond donors (Lipinski definition) is 1. The van der Waals surface area contributed by atoms with Crippen molar-refractivity contribution in [2.24, 2.45) is 0 Å². The Morgan fingerprint density at radius 1 is 1.17 bits per heavy atom. The first kappa shape index (κ1) is 21.2. The quantitative estimate of drug-likeness (QED) is 0.622. The Bertz CT molecular complexity index is 972. The van der Waals surface area contributed by atoms with Crippen LogP contribution in [0.3, 0.4) is 0 Å². The fraction of sp³-hybridized carbons (Fsp3) is 0.435. The van der Waals surface area contributed by atoms with E-state index < -0.39 is 0 Å². The molecule has 1 aliphatic heterocycles. The summed E-state index contributed by atoms with van der Waals surface area (Å²) in [5.41, 5.74) is 3.87. The van der Waals surface area contributed by atoms with Crippen molar-refractivity contribution in [2.45, 2.75) is 39.4 Å². The summed E-state index contributed by atoms with van der Waals surface area (Å²) >= 11 is 1.78. The molecule has 4 rings (SSSR count). The van der Waals surface area contributed by atoms with Gasteiger partial charge in [0.15, 0.2) is 0 Å². The first-order valence-corrected chi connectivity index (χ1v) is 11.3. The molecule has 0 spiro atoms. The lowest BCUT2D eigenvalue weighted by Gasteiger charge is -2.41. The van der Waals surface area contributed by atoms with E-state index in [9.17, 15) is 9.50 Å². The Kier molecular flexibility index (Phi) is 6.63. The zero-order valence-corrected chi connectivity index (χ0v) is 18.4. The molecule has 30 heavy (non-hydrogen) atoms. The summed E-state index contributed by atoms with van der Waals surface area (Å²) in [4.78, 5) is 6.18. The predicted molar refractivity (Wildman–Crippen MR) is 118 cm³/mol. The number of aliphatic hydroxyl groups excluding tert-OH is 1. The Labute approximate surface area is 181 Å². The van der Waals surface area contributed by atoms with Crippen LogP contribution in [0.4, 0.5) is 4.39 Å². The molecule has 1 saturated heterocycles. The molecule has 0 amide bonds. The normalized spacial score (nSPS) is 18.2. The first-order valence-electron chi connectivity index (χ1n) is 10.4. The van der Waals surface area contributed by atoms with Crippen LogP contribution in [0.5, 0.6) is 0 Å². The van der Waals surface area contributed by atoms with Crippen molar-refractivity contribution in [3.8, 4) is 5.69 Å². The fourth-order valence-electron chi connectivity index (χ4n) is 4.34. The molecule has 1 atom stereocenters. The van der Waals surface area contributed by atoms with Gasteiger partial charge in [0.25, 0.3) is 0 Å². The summed E-state index contributed by atoms with van der Waals surface area (Å²) in [5.74, 6) is -0.224. The lowest BCUT2D eigenvalue weighted by Crippen LogP contribution is -2.52. The van der Waals surface area contributed by atoms with Crippen molar-refractivity contribution < 1.29 is 9.50 Å². The largest absolute Gasteiger partial charge is 0.396 e. The zero-order valence-electron chi connectivity index (χ0n) is 17.6. The number of thiophene rings is 1. The average molecular weight is 429 g/mol. The standard InChI is InChI=1S/C23H29FN4OS/c1-17-12-18(2)28(25-17)23-6-5-20(24)13-19(23)14-26-8-9-27(21(15-26)7-10-29)16-22-4-3-11-30-22/h3-6,11-13,21,29H,7-10,14-16H2,1-2H3. The molecule has 2 aromatic heterocycles. The summed E-state index contributed by atoms with van der Waals surface area (Å²) in [6.07, 6.45) is 0.745. The third-order valence-corrected chi connectivity index (χ3v) is 6.62. The Morgan fingerprint density at radius 3 is 2.73 bits per heavy atom. The molecular weight excluding hydrogens is 399 g/mol. The number of rotatable bonds is 7. The zero-order chi connectivity index (χ0) is 21.1. The third-order valence-electron chi connectivity index (χ3n) is 5.76. The lowest BCUT2D eigenvalue weighted by molar-refractivity contribution is 0.0506. The maximum Gasteiger partial charge on any atom is 0.123 e. The van der Waals surface area contributed by atoms with Gasteiger partial charge in [-0.1, -0.05) is 6.07 Å². The van der Waals surface area contributed by atoms with Gasteiger partial charge in [-0.3, -0.25) is 9.80 Å². The van der Waals surface area contributed by atoms with Gasteiger partial charge in [0, 0.05) is 55.9 Å². The van der Waals surface area contributed by atoms with E-state index in [-0.39, 0.29) is 18.5 Å². The third kappa shape index (κ3) is 4.81. The van der Waals surface area contributed by atoms with Crippen molar-refractivity contribution in [1.29, 1.82) is 0 Å². The van der Waals surface area contributed by atoms with Gasteiger partial charge in [-0.25, -0.2) is 9.07 Å². The summed E-state index contributed by atoms with van der Waals surface area (Å²) < 4.78 is 16.0. The van der Waals surface area contributed by atoms with Crippen LogP contribution < -0.4 is 0 Å². The van der Waals surface area contributed by atoms with Gasteiger partial charge in [0.1, 0.15) is 5.82 Å². The molecule has 160 valence electrons.